The van der Waals surface area contributed by atoms with Gasteiger partial charge in [-0.2, -0.15) is 0 Å². The van der Waals surface area contributed by atoms with Crippen LogP contribution in [0, 0.1) is 0 Å². The van der Waals surface area contributed by atoms with Gasteiger partial charge < -0.3 is 8.83 Å². The Morgan fingerprint density at radius 1 is 0.178 bits per heavy atom. The highest BCUT2D eigenvalue weighted by atomic mass is 16.3. The molecule has 2 nitrogen and oxygen atoms in total. The second-order valence-corrected chi connectivity index (χ2v) is 20.1. The maximum atomic E-state index is 7.18. The van der Waals surface area contributed by atoms with Crippen molar-refractivity contribution in [2.75, 3.05) is 0 Å². The van der Waals surface area contributed by atoms with Gasteiger partial charge in [-0.25, -0.2) is 0 Å². The predicted molar refractivity (Wildman–Crippen MR) is 310 cm³/mol. The van der Waals surface area contributed by atoms with Crippen LogP contribution in [0.3, 0.4) is 0 Å². The number of fused-ring (bicyclic) bond motifs is 21. The summed E-state index contributed by atoms with van der Waals surface area (Å²) in [4.78, 5) is 0. The van der Waals surface area contributed by atoms with Gasteiger partial charge in [0, 0.05) is 43.4 Å². The van der Waals surface area contributed by atoms with Gasteiger partial charge >= 0.3 is 0 Å². The quantitative estimate of drug-likeness (QED) is 0.162. The highest BCUT2D eigenvalue weighted by Crippen LogP contribution is 2.55. The van der Waals surface area contributed by atoms with E-state index in [2.05, 4.69) is 218 Å². The molecule has 2 aromatic heterocycles. The van der Waals surface area contributed by atoms with E-state index in [-0.39, 0.29) is 7.43 Å². The van der Waals surface area contributed by atoms with Crippen molar-refractivity contribution in [1.82, 2.24) is 0 Å². The average molecular weight is 925 g/mol. The number of hydrogen-bond acceptors (Lipinski definition) is 2. The van der Waals surface area contributed by atoms with Gasteiger partial charge in [-0.05, 0) is 169 Å². The van der Waals surface area contributed by atoms with E-state index in [4.69, 9.17) is 8.83 Å². The van der Waals surface area contributed by atoms with Gasteiger partial charge in [0.15, 0.2) is 0 Å². The van der Waals surface area contributed by atoms with Crippen LogP contribution >= 0.6 is 0 Å². The third-order valence-corrected chi connectivity index (χ3v) is 16.7. The fourth-order valence-corrected chi connectivity index (χ4v) is 13.5. The summed E-state index contributed by atoms with van der Waals surface area (Å²) in [6, 6.07) is 81.5. The smallest absolute Gasteiger partial charge is 0.143 e. The van der Waals surface area contributed by atoms with E-state index in [0.717, 1.165) is 76.9 Å². The second kappa shape index (κ2) is 13.9. The molecule has 0 amide bonds. The van der Waals surface area contributed by atoms with E-state index in [1.165, 1.54) is 109 Å². The van der Waals surface area contributed by atoms with E-state index >= 15 is 0 Å². The summed E-state index contributed by atoms with van der Waals surface area (Å²) in [6.45, 7) is 0. The van der Waals surface area contributed by atoms with E-state index in [0.29, 0.717) is 0 Å². The van der Waals surface area contributed by atoms with Gasteiger partial charge in [-0.15, -0.1) is 0 Å². The summed E-state index contributed by atoms with van der Waals surface area (Å²) in [5, 5.41) is 21.5. The van der Waals surface area contributed by atoms with E-state index in [1.54, 1.807) is 0 Å². The Hall–Kier alpha value is -9.50. The summed E-state index contributed by atoms with van der Waals surface area (Å²) >= 11 is 0. The molecule has 0 atom stereocenters. The lowest BCUT2D eigenvalue weighted by Crippen LogP contribution is -1.92. The van der Waals surface area contributed by atoms with Gasteiger partial charge in [0.2, 0.25) is 0 Å². The van der Waals surface area contributed by atoms with Crippen LogP contribution in [0.4, 0.5) is 0 Å². The highest BCUT2D eigenvalue weighted by molar-refractivity contribution is 6.31. The highest BCUT2D eigenvalue weighted by Gasteiger charge is 2.28. The fraction of sp³-hybridized carbons (Fsp3) is 0.0141. The molecular weight excluding hydrogens is 885 g/mol. The van der Waals surface area contributed by atoms with Crippen LogP contribution in [0.25, 0.3) is 186 Å². The molecule has 2 aliphatic carbocycles. The Morgan fingerprint density at radius 3 is 0.904 bits per heavy atom. The monoisotopic (exact) mass is 924 g/mol. The summed E-state index contributed by atoms with van der Waals surface area (Å²) in [6.07, 6.45) is 0. The molecule has 0 spiro atoms. The van der Waals surface area contributed by atoms with E-state index in [9.17, 15) is 0 Å². The van der Waals surface area contributed by atoms with Crippen LogP contribution in [-0.2, 0) is 0 Å². The molecule has 2 aliphatic rings. The van der Waals surface area contributed by atoms with Crippen molar-refractivity contribution < 1.29 is 8.83 Å². The lowest BCUT2D eigenvalue weighted by molar-refractivity contribution is 0.673. The van der Waals surface area contributed by atoms with Crippen LogP contribution in [0.1, 0.15) is 7.43 Å². The molecule has 0 fully saturated rings. The minimum atomic E-state index is 0. The van der Waals surface area contributed by atoms with Crippen molar-refractivity contribution in [2.45, 2.75) is 7.43 Å². The molecular formula is C71H40O2. The number of para-hydroxylation sites is 2. The van der Waals surface area contributed by atoms with Crippen LogP contribution in [0.5, 0.6) is 0 Å². The van der Waals surface area contributed by atoms with E-state index < -0.39 is 0 Å². The summed E-state index contributed by atoms with van der Waals surface area (Å²) < 4.78 is 14.4. The van der Waals surface area contributed by atoms with Gasteiger partial charge in [-0.1, -0.05) is 177 Å². The van der Waals surface area contributed by atoms with Gasteiger partial charge in [0.05, 0.1) is 0 Å². The fourth-order valence-electron chi connectivity index (χ4n) is 13.5. The minimum Gasteiger partial charge on any atom is -0.455 e. The van der Waals surface area contributed by atoms with Gasteiger partial charge in [0.25, 0.3) is 0 Å². The minimum absolute atomic E-state index is 0. The molecule has 14 aromatic carbocycles. The molecule has 16 aromatic rings. The molecule has 0 bridgehead atoms. The predicted octanol–water partition coefficient (Wildman–Crippen LogP) is 20.8. The van der Waals surface area contributed by atoms with Crippen LogP contribution < -0.4 is 0 Å². The molecule has 0 N–H and O–H groups in total. The summed E-state index contributed by atoms with van der Waals surface area (Å²) in [5.41, 5.74) is 18.4. The van der Waals surface area contributed by atoms with Crippen LogP contribution in [0.2, 0.25) is 0 Å². The lowest BCUT2D eigenvalue weighted by Gasteiger charge is -2.19. The summed E-state index contributed by atoms with van der Waals surface area (Å²) in [7, 11) is 0. The van der Waals surface area contributed by atoms with Crippen molar-refractivity contribution in [3.63, 3.8) is 0 Å². The molecule has 18 rings (SSSR count). The maximum Gasteiger partial charge on any atom is 0.143 e. The number of rotatable bonds is 2. The number of benzene rings is 14. The first-order valence-electron chi connectivity index (χ1n) is 25.0. The molecule has 0 unspecified atom stereocenters. The normalized spacial score (nSPS) is 12.5. The Balaban J connectivity index is 0.00000440. The molecule has 0 saturated heterocycles. The van der Waals surface area contributed by atoms with Gasteiger partial charge in [-0.3, -0.25) is 0 Å². The topological polar surface area (TPSA) is 26.3 Å². The molecule has 336 valence electrons. The van der Waals surface area contributed by atoms with Crippen LogP contribution in [-0.4, -0.2) is 0 Å². The van der Waals surface area contributed by atoms with Crippen molar-refractivity contribution in [3.05, 3.63) is 218 Å². The number of furan rings is 2. The zero-order chi connectivity index (χ0) is 46.5. The third kappa shape index (κ3) is 4.97. The second-order valence-electron chi connectivity index (χ2n) is 20.1. The Bertz CT molecular complexity index is 4880. The molecule has 0 aliphatic heterocycles. The maximum absolute atomic E-state index is 7.18. The largest absolute Gasteiger partial charge is 0.455 e. The zero-order valence-electron chi connectivity index (χ0n) is 38.6. The Morgan fingerprint density at radius 2 is 0.479 bits per heavy atom. The van der Waals surface area contributed by atoms with Gasteiger partial charge in [0.1, 0.15) is 22.3 Å². The average Bonchev–Trinajstić information content (AvgIpc) is 4.20. The first-order chi connectivity index (χ1) is 35.7. The zero-order valence-corrected chi connectivity index (χ0v) is 38.6. The van der Waals surface area contributed by atoms with Crippen molar-refractivity contribution in [2.24, 2.45) is 0 Å². The molecule has 73 heavy (non-hydrogen) atoms. The lowest BCUT2D eigenvalue weighted by atomic mass is 9.84. The number of hydrogen-bond donors (Lipinski definition) is 0. The third-order valence-electron chi connectivity index (χ3n) is 16.7. The first-order valence-corrected chi connectivity index (χ1v) is 25.0. The first kappa shape index (κ1) is 39.2. The Kier molecular flexibility index (Phi) is 7.46. The van der Waals surface area contributed by atoms with Crippen molar-refractivity contribution >= 4 is 119 Å². The van der Waals surface area contributed by atoms with Crippen LogP contribution in [0.15, 0.2) is 227 Å². The molecule has 0 saturated carbocycles. The molecule has 2 heterocycles. The SMILES string of the molecule is C.c1cc2c3c(cccc3c1)-c1cc3c(cc1-2)c(-c1cccc2c1oc1c4ccccc4ccc21)cc1c2cc4c(cc2c(-c2cccc5c2oc2c6ccccc6ccc52)cc31)-c1cccc2cccc-4c12. The summed E-state index contributed by atoms with van der Waals surface area (Å²) in [5.74, 6) is 0. The van der Waals surface area contributed by atoms with E-state index in [1.807, 2.05) is 0 Å². The standard InChI is InChI=1S/C70H36O2.CH4/c1-3-17-41-37(11-1)27-29-51-47-23-9-25-49(69(47)71-67(41)51)57-35-63-62-34-56-46-22-8-16-40-14-6-20-44(66(40)46)54(56)32-60(62)58(50-26-10-24-48-52-30-28-38-12-2-4-18-42(38)68(52)72-70(48)50)36-64(63)61-33-55-45-21-7-15-39-13-5-19-43(65(39)45)53(55)31-59(57)61;/h1-36H;1H4. The molecule has 2 heteroatoms. The molecule has 0 radical (unpaired) electrons. The van der Waals surface area contributed by atoms with Crippen molar-refractivity contribution in [1.29, 1.82) is 0 Å². The Labute approximate surface area is 418 Å². The van der Waals surface area contributed by atoms with Crippen molar-refractivity contribution in [3.8, 4) is 66.8 Å².